The lowest BCUT2D eigenvalue weighted by atomic mass is 9.95. The normalized spacial score (nSPS) is 26.1. The molecule has 0 aromatic carbocycles. The first-order chi connectivity index (χ1) is 9.20. The standard InChI is InChI=1S/C15H27N3S/c1-3-13-10-18-15(19-13)11(2)17-9-12-7-5-4-6-8-14(12)16/h10-12,14,17H,3-9,16H2,1-2H3. The maximum Gasteiger partial charge on any atom is 0.109 e. The molecule has 0 saturated heterocycles. The zero-order chi connectivity index (χ0) is 13.7. The topological polar surface area (TPSA) is 50.9 Å². The third kappa shape index (κ3) is 4.26. The first-order valence-electron chi connectivity index (χ1n) is 7.64. The number of nitrogens with zero attached hydrogens (tertiary/aromatic N) is 1. The maximum atomic E-state index is 6.28. The minimum atomic E-state index is 0.348. The van der Waals surface area contributed by atoms with Crippen LogP contribution in [0.4, 0.5) is 0 Å². The van der Waals surface area contributed by atoms with E-state index in [1.165, 1.54) is 42.0 Å². The second-order valence-corrected chi connectivity index (χ2v) is 6.86. The van der Waals surface area contributed by atoms with E-state index in [1.807, 2.05) is 17.5 Å². The van der Waals surface area contributed by atoms with Crippen molar-refractivity contribution in [2.45, 2.75) is 64.5 Å². The van der Waals surface area contributed by atoms with E-state index in [9.17, 15) is 0 Å². The van der Waals surface area contributed by atoms with E-state index < -0.39 is 0 Å². The predicted octanol–water partition coefficient (Wildman–Crippen LogP) is 3.26. The summed E-state index contributed by atoms with van der Waals surface area (Å²) in [5.41, 5.74) is 6.28. The van der Waals surface area contributed by atoms with Crippen LogP contribution in [0.5, 0.6) is 0 Å². The summed E-state index contributed by atoms with van der Waals surface area (Å²) in [6.45, 7) is 5.42. The Kier molecular flexibility index (Phi) is 5.79. The van der Waals surface area contributed by atoms with Crippen LogP contribution < -0.4 is 11.1 Å². The minimum Gasteiger partial charge on any atom is -0.327 e. The van der Waals surface area contributed by atoms with Gasteiger partial charge in [0.2, 0.25) is 0 Å². The lowest BCUT2D eigenvalue weighted by Gasteiger charge is -2.23. The zero-order valence-corrected chi connectivity index (χ0v) is 13.0. The molecule has 0 aliphatic heterocycles. The van der Waals surface area contributed by atoms with Crippen molar-refractivity contribution in [2.24, 2.45) is 11.7 Å². The van der Waals surface area contributed by atoms with Crippen molar-refractivity contribution >= 4 is 11.3 Å². The highest BCUT2D eigenvalue weighted by Gasteiger charge is 2.21. The van der Waals surface area contributed by atoms with E-state index in [-0.39, 0.29) is 0 Å². The van der Waals surface area contributed by atoms with Gasteiger partial charge in [-0.3, -0.25) is 0 Å². The summed E-state index contributed by atoms with van der Waals surface area (Å²) < 4.78 is 0. The molecule has 0 spiro atoms. The molecule has 19 heavy (non-hydrogen) atoms. The number of aromatic nitrogens is 1. The molecule has 0 amide bonds. The quantitative estimate of drug-likeness (QED) is 0.815. The fraction of sp³-hybridized carbons (Fsp3) is 0.800. The van der Waals surface area contributed by atoms with Crippen molar-refractivity contribution < 1.29 is 0 Å². The molecule has 1 aliphatic rings. The van der Waals surface area contributed by atoms with E-state index in [0.29, 0.717) is 18.0 Å². The van der Waals surface area contributed by atoms with Gasteiger partial charge in [0.15, 0.2) is 0 Å². The monoisotopic (exact) mass is 281 g/mol. The Hall–Kier alpha value is -0.450. The zero-order valence-electron chi connectivity index (χ0n) is 12.2. The Balaban J connectivity index is 1.83. The highest BCUT2D eigenvalue weighted by molar-refractivity contribution is 7.11. The molecular weight excluding hydrogens is 254 g/mol. The maximum absolute atomic E-state index is 6.28. The van der Waals surface area contributed by atoms with Crippen LogP contribution in [0, 0.1) is 5.92 Å². The number of thiazole rings is 1. The summed E-state index contributed by atoms with van der Waals surface area (Å²) in [5.74, 6) is 0.635. The molecule has 1 aromatic rings. The summed E-state index contributed by atoms with van der Waals surface area (Å²) in [4.78, 5) is 5.88. The van der Waals surface area contributed by atoms with Gasteiger partial charge in [-0.05, 0) is 32.1 Å². The lowest BCUT2D eigenvalue weighted by molar-refractivity contribution is 0.359. The number of rotatable bonds is 5. The molecule has 1 saturated carbocycles. The van der Waals surface area contributed by atoms with Crippen LogP contribution in [0.15, 0.2) is 6.20 Å². The highest BCUT2D eigenvalue weighted by Crippen LogP contribution is 2.24. The van der Waals surface area contributed by atoms with Gasteiger partial charge in [0.25, 0.3) is 0 Å². The van der Waals surface area contributed by atoms with Crippen molar-refractivity contribution in [3.63, 3.8) is 0 Å². The number of hydrogen-bond acceptors (Lipinski definition) is 4. The molecule has 108 valence electrons. The molecule has 3 nitrogen and oxygen atoms in total. The van der Waals surface area contributed by atoms with E-state index in [1.54, 1.807) is 0 Å². The van der Waals surface area contributed by atoms with Crippen LogP contribution in [-0.4, -0.2) is 17.6 Å². The fourth-order valence-electron chi connectivity index (χ4n) is 2.77. The number of nitrogens with one attached hydrogen (secondary N) is 1. The van der Waals surface area contributed by atoms with Crippen LogP contribution in [0.2, 0.25) is 0 Å². The van der Waals surface area contributed by atoms with Crippen molar-refractivity contribution in [3.05, 3.63) is 16.1 Å². The van der Waals surface area contributed by atoms with Crippen molar-refractivity contribution in [1.82, 2.24) is 10.3 Å². The Bertz CT molecular complexity index is 377. The number of aryl methyl sites for hydroxylation is 1. The number of nitrogens with two attached hydrogens (primary N) is 1. The van der Waals surface area contributed by atoms with Gasteiger partial charge in [0, 0.05) is 23.7 Å². The van der Waals surface area contributed by atoms with Gasteiger partial charge in [-0.2, -0.15) is 0 Å². The van der Waals surface area contributed by atoms with E-state index >= 15 is 0 Å². The van der Waals surface area contributed by atoms with Crippen LogP contribution in [0.1, 0.15) is 61.9 Å². The first-order valence-corrected chi connectivity index (χ1v) is 8.46. The Morgan fingerprint density at radius 2 is 2.21 bits per heavy atom. The Morgan fingerprint density at radius 3 is 2.95 bits per heavy atom. The molecule has 1 fully saturated rings. The molecule has 4 heteroatoms. The molecule has 0 bridgehead atoms. The average molecular weight is 281 g/mol. The van der Waals surface area contributed by atoms with Gasteiger partial charge >= 0.3 is 0 Å². The van der Waals surface area contributed by atoms with Crippen LogP contribution in [0.25, 0.3) is 0 Å². The fourth-order valence-corrected chi connectivity index (χ4v) is 3.65. The number of hydrogen-bond donors (Lipinski definition) is 2. The van der Waals surface area contributed by atoms with Gasteiger partial charge in [-0.25, -0.2) is 4.98 Å². The summed E-state index contributed by atoms with van der Waals surface area (Å²) in [6.07, 6.45) is 9.56. The largest absolute Gasteiger partial charge is 0.327 e. The van der Waals surface area contributed by atoms with Crippen molar-refractivity contribution in [2.75, 3.05) is 6.54 Å². The molecule has 1 aliphatic carbocycles. The molecule has 3 unspecified atom stereocenters. The van der Waals surface area contributed by atoms with Crippen molar-refractivity contribution in [1.29, 1.82) is 0 Å². The Labute approximate surface area is 121 Å². The van der Waals surface area contributed by atoms with Crippen LogP contribution in [-0.2, 0) is 6.42 Å². The van der Waals surface area contributed by atoms with Crippen LogP contribution >= 0.6 is 11.3 Å². The van der Waals surface area contributed by atoms with E-state index in [4.69, 9.17) is 5.73 Å². The molecule has 1 heterocycles. The first kappa shape index (κ1) is 14.9. The van der Waals surface area contributed by atoms with Gasteiger partial charge in [-0.1, -0.05) is 26.2 Å². The summed E-state index contributed by atoms with van der Waals surface area (Å²) in [6, 6.07) is 0.727. The minimum absolute atomic E-state index is 0.348. The summed E-state index contributed by atoms with van der Waals surface area (Å²) in [7, 11) is 0. The van der Waals surface area contributed by atoms with Gasteiger partial charge in [0.1, 0.15) is 5.01 Å². The van der Waals surface area contributed by atoms with Gasteiger partial charge in [0.05, 0.1) is 6.04 Å². The lowest BCUT2D eigenvalue weighted by Crippen LogP contribution is -2.37. The van der Waals surface area contributed by atoms with E-state index in [0.717, 1.165) is 13.0 Å². The van der Waals surface area contributed by atoms with Gasteiger partial charge in [-0.15, -0.1) is 11.3 Å². The third-order valence-corrected chi connectivity index (χ3v) is 5.52. The van der Waals surface area contributed by atoms with Crippen LogP contribution in [0.3, 0.4) is 0 Å². The van der Waals surface area contributed by atoms with E-state index in [2.05, 4.69) is 24.1 Å². The predicted molar refractivity (Wildman–Crippen MR) is 82.5 cm³/mol. The Morgan fingerprint density at radius 1 is 1.42 bits per heavy atom. The van der Waals surface area contributed by atoms with Crippen molar-refractivity contribution in [3.8, 4) is 0 Å². The average Bonchev–Trinajstić information content (AvgIpc) is 2.81. The SMILES string of the molecule is CCc1cnc(C(C)NCC2CCCCCC2N)s1. The molecular formula is C15H27N3S. The molecule has 3 atom stereocenters. The molecule has 1 aromatic heterocycles. The summed E-state index contributed by atoms with van der Waals surface area (Å²) >= 11 is 1.83. The molecule has 2 rings (SSSR count). The summed E-state index contributed by atoms with van der Waals surface area (Å²) in [5, 5.41) is 4.84. The van der Waals surface area contributed by atoms with Gasteiger partial charge < -0.3 is 11.1 Å². The second-order valence-electron chi connectivity index (χ2n) is 5.71. The highest BCUT2D eigenvalue weighted by atomic mass is 32.1. The molecule has 0 radical (unpaired) electrons. The smallest absolute Gasteiger partial charge is 0.109 e. The third-order valence-electron chi connectivity index (χ3n) is 4.19. The molecule has 3 N–H and O–H groups in total. The second kappa shape index (κ2) is 7.36.